The van der Waals surface area contributed by atoms with E-state index in [0.29, 0.717) is 40.2 Å². The number of nitrogens with one attached hydrogen (secondary N) is 1. The van der Waals surface area contributed by atoms with Gasteiger partial charge in [-0.05, 0) is 59.1 Å². The first-order valence-electron chi connectivity index (χ1n) is 10.3. The Bertz CT molecular complexity index is 1120. The van der Waals surface area contributed by atoms with Crippen molar-refractivity contribution in [2.45, 2.75) is 31.0 Å². The van der Waals surface area contributed by atoms with Gasteiger partial charge in [-0.1, -0.05) is 18.2 Å². The Morgan fingerprint density at radius 1 is 1.21 bits per heavy atom. The van der Waals surface area contributed by atoms with Gasteiger partial charge in [-0.3, -0.25) is 0 Å². The van der Waals surface area contributed by atoms with Gasteiger partial charge in [-0.15, -0.1) is 5.48 Å². The Kier molecular flexibility index (Phi) is 7.17. The molecule has 3 aromatic rings. The third-order valence-corrected chi connectivity index (χ3v) is 6.05. The van der Waals surface area contributed by atoms with Gasteiger partial charge in [0.2, 0.25) is 0 Å². The van der Waals surface area contributed by atoms with E-state index in [1.807, 2.05) is 6.07 Å². The lowest BCUT2D eigenvalue weighted by Gasteiger charge is -2.29. The number of aliphatic hydroxyl groups is 1. The van der Waals surface area contributed by atoms with Crippen LogP contribution in [0.3, 0.4) is 0 Å². The molecule has 1 fully saturated rings. The molecule has 1 aliphatic rings. The summed E-state index contributed by atoms with van der Waals surface area (Å²) >= 11 is 3.29. The quantitative estimate of drug-likeness (QED) is 0.457. The number of likely N-dealkylation sites (N-methyl/N-ethyl adjacent to an activating group) is 1. The zero-order chi connectivity index (χ0) is 23.4. The van der Waals surface area contributed by atoms with Crippen LogP contribution in [0, 0.1) is 5.82 Å². The van der Waals surface area contributed by atoms with Crippen molar-refractivity contribution >= 4 is 27.7 Å². The second-order valence-corrected chi connectivity index (χ2v) is 8.53. The van der Waals surface area contributed by atoms with Gasteiger partial charge in [0, 0.05) is 13.1 Å². The number of hydrogen-bond donors (Lipinski definition) is 2. The number of aliphatic hydroxyl groups excluding tert-OH is 1. The number of rotatable bonds is 7. The van der Waals surface area contributed by atoms with Gasteiger partial charge in [0.05, 0.1) is 28.4 Å². The van der Waals surface area contributed by atoms with Crippen LogP contribution in [0.25, 0.3) is 0 Å². The highest BCUT2D eigenvalue weighted by Crippen LogP contribution is 2.36. The molecule has 8 nitrogen and oxygen atoms in total. The SMILES string of the molecule is CN(c1ncncc1Oc1ccc(F)cc1Br)[C@H]1C[C@@H](NOC(=O)c2ccccc2)C[C@H]1O. The van der Waals surface area contributed by atoms with Crippen molar-refractivity contribution in [3.63, 3.8) is 0 Å². The van der Waals surface area contributed by atoms with Crippen LogP contribution in [-0.4, -0.2) is 46.3 Å². The molecule has 3 atom stereocenters. The highest BCUT2D eigenvalue weighted by molar-refractivity contribution is 9.10. The fourth-order valence-corrected chi connectivity index (χ4v) is 4.19. The molecule has 0 saturated heterocycles. The predicted molar refractivity (Wildman–Crippen MR) is 122 cm³/mol. The number of ether oxygens (including phenoxy) is 1. The predicted octanol–water partition coefficient (Wildman–Crippen LogP) is 3.86. The van der Waals surface area contributed by atoms with Crippen LogP contribution >= 0.6 is 15.9 Å². The molecule has 1 aromatic heterocycles. The van der Waals surface area contributed by atoms with Crippen LogP contribution in [0.2, 0.25) is 0 Å². The maximum absolute atomic E-state index is 13.4. The summed E-state index contributed by atoms with van der Waals surface area (Å²) in [5.41, 5.74) is 3.21. The van der Waals surface area contributed by atoms with Crippen molar-refractivity contribution in [1.29, 1.82) is 0 Å². The van der Waals surface area contributed by atoms with Crippen LogP contribution < -0.4 is 15.1 Å². The summed E-state index contributed by atoms with van der Waals surface area (Å²) in [6.07, 6.45) is 3.10. The number of nitrogens with zero attached hydrogens (tertiary/aromatic N) is 3. The van der Waals surface area contributed by atoms with Gasteiger partial charge in [-0.2, -0.15) is 0 Å². The molecule has 2 N–H and O–H groups in total. The fraction of sp³-hybridized carbons (Fsp3) is 0.261. The smallest absolute Gasteiger partial charge is 0.356 e. The maximum Gasteiger partial charge on any atom is 0.356 e. The van der Waals surface area contributed by atoms with Gasteiger partial charge in [0.15, 0.2) is 11.6 Å². The summed E-state index contributed by atoms with van der Waals surface area (Å²) in [7, 11) is 1.79. The third-order valence-electron chi connectivity index (χ3n) is 5.43. The number of hydrogen-bond acceptors (Lipinski definition) is 8. The van der Waals surface area contributed by atoms with Crippen LogP contribution in [0.5, 0.6) is 11.5 Å². The lowest BCUT2D eigenvalue weighted by Crippen LogP contribution is -2.38. The van der Waals surface area contributed by atoms with E-state index in [4.69, 9.17) is 9.57 Å². The van der Waals surface area contributed by atoms with E-state index < -0.39 is 17.9 Å². The Morgan fingerprint density at radius 3 is 2.76 bits per heavy atom. The number of anilines is 1. The summed E-state index contributed by atoms with van der Waals surface area (Å²) in [4.78, 5) is 27.5. The minimum absolute atomic E-state index is 0.238. The Hall–Kier alpha value is -3.08. The number of carbonyl (C=O) groups is 1. The normalized spacial score (nSPS) is 19.8. The number of benzene rings is 2. The number of aromatic nitrogens is 2. The largest absolute Gasteiger partial charge is 0.451 e. The highest BCUT2D eigenvalue weighted by atomic mass is 79.9. The zero-order valence-corrected chi connectivity index (χ0v) is 19.3. The summed E-state index contributed by atoms with van der Waals surface area (Å²) in [5, 5.41) is 10.7. The minimum atomic E-state index is -0.691. The second-order valence-electron chi connectivity index (χ2n) is 7.67. The second kappa shape index (κ2) is 10.2. The molecule has 0 aliphatic heterocycles. The first-order valence-corrected chi connectivity index (χ1v) is 11.1. The summed E-state index contributed by atoms with van der Waals surface area (Å²) in [6, 6.07) is 12.2. The molecule has 1 heterocycles. The first-order chi connectivity index (χ1) is 15.9. The van der Waals surface area contributed by atoms with E-state index in [-0.39, 0.29) is 12.1 Å². The van der Waals surface area contributed by atoms with E-state index in [2.05, 4.69) is 31.4 Å². The van der Waals surface area contributed by atoms with Gasteiger partial charge in [0.1, 0.15) is 17.9 Å². The molecule has 4 rings (SSSR count). The fourth-order valence-electron chi connectivity index (χ4n) is 3.76. The molecule has 33 heavy (non-hydrogen) atoms. The van der Waals surface area contributed by atoms with E-state index in [1.165, 1.54) is 30.7 Å². The average molecular weight is 517 g/mol. The summed E-state index contributed by atoms with van der Waals surface area (Å²) in [5.74, 6) is 0.341. The van der Waals surface area contributed by atoms with Gasteiger partial charge < -0.3 is 19.6 Å². The van der Waals surface area contributed by atoms with Crippen LogP contribution in [0.4, 0.5) is 10.2 Å². The standard InChI is InChI=1S/C23H22BrFN4O4/c1-29(22-21(12-26-13-27-22)32-20-8-7-15(25)9-17(20)24)18-10-16(11-19(18)30)28-33-23(31)14-5-3-2-4-6-14/h2-9,12-13,16,18-19,28,30H,10-11H2,1H3/t16-,18+,19-/m1/s1. The van der Waals surface area contributed by atoms with Crippen molar-refractivity contribution in [1.82, 2.24) is 15.4 Å². The Balaban J connectivity index is 1.43. The van der Waals surface area contributed by atoms with Gasteiger partial charge >= 0.3 is 5.97 Å². The van der Waals surface area contributed by atoms with Gasteiger partial charge in [-0.25, -0.2) is 19.2 Å². The van der Waals surface area contributed by atoms with E-state index >= 15 is 0 Å². The zero-order valence-electron chi connectivity index (χ0n) is 17.7. The molecule has 0 bridgehead atoms. The van der Waals surface area contributed by atoms with Crippen LogP contribution in [0.15, 0.2) is 65.5 Å². The van der Waals surface area contributed by atoms with Crippen molar-refractivity contribution in [2.24, 2.45) is 0 Å². The molecule has 0 unspecified atom stereocenters. The molecule has 10 heteroatoms. The monoisotopic (exact) mass is 516 g/mol. The number of hydroxylamine groups is 1. The number of halogens is 2. The van der Waals surface area contributed by atoms with Crippen LogP contribution in [0.1, 0.15) is 23.2 Å². The molecule has 0 spiro atoms. The molecule has 1 aliphatic carbocycles. The van der Waals surface area contributed by atoms with Crippen LogP contribution in [-0.2, 0) is 4.84 Å². The molecule has 0 amide bonds. The van der Waals surface area contributed by atoms with Gasteiger partial charge in [0.25, 0.3) is 0 Å². The molecule has 172 valence electrons. The minimum Gasteiger partial charge on any atom is -0.451 e. The van der Waals surface area contributed by atoms with Crippen molar-refractivity contribution in [3.8, 4) is 11.5 Å². The first kappa shape index (κ1) is 23.1. The van der Waals surface area contributed by atoms with Crippen molar-refractivity contribution in [2.75, 3.05) is 11.9 Å². The lowest BCUT2D eigenvalue weighted by atomic mass is 10.2. The molecular formula is C23H22BrFN4O4. The Labute approximate surface area is 198 Å². The maximum atomic E-state index is 13.4. The topological polar surface area (TPSA) is 96.8 Å². The highest BCUT2D eigenvalue weighted by Gasteiger charge is 2.37. The summed E-state index contributed by atoms with van der Waals surface area (Å²) < 4.78 is 19.8. The summed E-state index contributed by atoms with van der Waals surface area (Å²) in [6.45, 7) is 0. The molecule has 2 aromatic carbocycles. The van der Waals surface area contributed by atoms with Crippen molar-refractivity contribution in [3.05, 3.63) is 76.9 Å². The van der Waals surface area contributed by atoms with E-state index in [9.17, 15) is 14.3 Å². The lowest BCUT2D eigenvalue weighted by molar-refractivity contribution is 0.0146. The van der Waals surface area contributed by atoms with Crippen molar-refractivity contribution < 1.29 is 23.9 Å². The van der Waals surface area contributed by atoms with E-state index in [0.717, 1.165) is 0 Å². The number of carbonyl (C=O) groups excluding carboxylic acids is 1. The molecule has 1 saturated carbocycles. The molecular weight excluding hydrogens is 495 g/mol. The van der Waals surface area contributed by atoms with E-state index in [1.54, 1.807) is 36.2 Å². The average Bonchev–Trinajstić information content (AvgIpc) is 3.20. The third kappa shape index (κ3) is 5.47. The molecule has 0 radical (unpaired) electrons. The Morgan fingerprint density at radius 2 is 2.00 bits per heavy atom.